The highest BCUT2D eigenvalue weighted by Gasteiger charge is 2.42. The Balaban J connectivity index is 2.01. The van der Waals surface area contributed by atoms with E-state index in [9.17, 15) is 5.21 Å². The van der Waals surface area contributed by atoms with Gasteiger partial charge in [-0.1, -0.05) is 72.7 Å². The predicted octanol–water partition coefficient (Wildman–Crippen LogP) is 2.85. The molecule has 1 aliphatic heterocycles. The summed E-state index contributed by atoms with van der Waals surface area (Å²) in [5, 5.41) is 13.1. The van der Waals surface area contributed by atoms with Gasteiger partial charge >= 0.3 is 0 Å². The van der Waals surface area contributed by atoms with Crippen molar-refractivity contribution in [1.29, 1.82) is 0 Å². The number of hydrogen-bond acceptors (Lipinski definition) is 2. The summed E-state index contributed by atoms with van der Waals surface area (Å²) in [4.78, 5) is 1.46. The molecule has 3 heteroatoms. The van der Waals surface area contributed by atoms with Gasteiger partial charge in [0.2, 0.25) is 0 Å². The van der Waals surface area contributed by atoms with Crippen molar-refractivity contribution in [3.8, 4) is 0 Å². The predicted molar refractivity (Wildman–Crippen MR) is 88.3 cm³/mol. The van der Waals surface area contributed by atoms with E-state index >= 15 is 0 Å². The van der Waals surface area contributed by atoms with Crippen LogP contribution in [-0.4, -0.2) is 18.0 Å². The fraction of sp³-hybridized carbons (Fsp3) is 0.316. The van der Waals surface area contributed by atoms with Crippen LogP contribution >= 0.6 is 0 Å². The number of nitrogens with zero attached hydrogens (tertiary/aromatic N) is 1. The Morgan fingerprint density at radius 2 is 1.50 bits per heavy atom. The molecule has 1 heterocycles. The lowest BCUT2D eigenvalue weighted by molar-refractivity contribution is -0.948. The molecule has 2 aromatic rings. The average Bonchev–Trinajstić information content (AvgIpc) is 2.57. The van der Waals surface area contributed by atoms with Gasteiger partial charge < -0.3 is 10.1 Å². The third-order valence-corrected chi connectivity index (χ3v) is 4.97. The standard InChI is InChI=1S/C19H22N2O/c1-14-17(20-22)13-18(15-9-5-3-6-10-15)21(2)19(14)16-11-7-4-8-12-16/h3-12,14,18-19,22H,13H2,1-2H3/p+1/b20-17-/t14-,18-,19-/m0/s1. The molecule has 22 heavy (non-hydrogen) atoms. The number of rotatable bonds is 2. The number of oxime groups is 1. The van der Waals surface area contributed by atoms with Gasteiger partial charge in [-0.25, -0.2) is 0 Å². The van der Waals surface area contributed by atoms with Crippen molar-refractivity contribution < 1.29 is 10.1 Å². The smallest absolute Gasteiger partial charge is 0.121 e. The van der Waals surface area contributed by atoms with E-state index in [-0.39, 0.29) is 5.92 Å². The lowest BCUT2D eigenvalue weighted by Gasteiger charge is -2.41. The number of benzene rings is 2. The van der Waals surface area contributed by atoms with Crippen LogP contribution in [0.3, 0.4) is 0 Å². The van der Waals surface area contributed by atoms with Crippen LogP contribution in [0.4, 0.5) is 0 Å². The second-order valence-corrected chi connectivity index (χ2v) is 6.18. The highest BCUT2D eigenvalue weighted by atomic mass is 16.4. The maximum atomic E-state index is 9.46. The van der Waals surface area contributed by atoms with Crippen molar-refractivity contribution in [2.24, 2.45) is 11.1 Å². The fourth-order valence-electron chi connectivity index (χ4n) is 3.77. The first-order chi connectivity index (χ1) is 10.7. The number of nitrogens with one attached hydrogen (secondary N) is 1. The van der Waals surface area contributed by atoms with Crippen LogP contribution < -0.4 is 4.90 Å². The van der Waals surface area contributed by atoms with E-state index in [0.717, 1.165) is 12.1 Å². The molecule has 114 valence electrons. The van der Waals surface area contributed by atoms with Gasteiger partial charge in [-0.2, -0.15) is 0 Å². The van der Waals surface area contributed by atoms with Crippen LogP contribution in [0.2, 0.25) is 0 Å². The van der Waals surface area contributed by atoms with Crippen LogP contribution in [0.5, 0.6) is 0 Å². The normalized spacial score (nSPS) is 30.4. The molecule has 0 aliphatic carbocycles. The van der Waals surface area contributed by atoms with Crippen molar-refractivity contribution in [3.05, 3.63) is 71.8 Å². The molecule has 1 aliphatic rings. The Bertz CT molecular complexity index is 639. The van der Waals surface area contributed by atoms with Crippen molar-refractivity contribution in [1.82, 2.24) is 0 Å². The molecule has 0 bridgehead atoms. The summed E-state index contributed by atoms with van der Waals surface area (Å²) >= 11 is 0. The first-order valence-corrected chi connectivity index (χ1v) is 7.86. The van der Waals surface area contributed by atoms with E-state index in [1.54, 1.807) is 0 Å². The molecule has 0 aromatic heterocycles. The van der Waals surface area contributed by atoms with E-state index in [0.29, 0.717) is 12.1 Å². The minimum atomic E-state index is 0.229. The minimum Gasteiger partial charge on any atom is -0.411 e. The lowest BCUT2D eigenvalue weighted by Crippen LogP contribution is -3.11. The first kappa shape index (κ1) is 14.8. The first-order valence-electron chi connectivity index (χ1n) is 7.86. The largest absolute Gasteiger partial charge is 0.411 e. The SMILES string of the molecule is C[C@H]1/C(=N\O)C[C@@H](c2ccccc2)[NH+](C)[C@@H]1c1ccccc1. The van der Waals surface area contributed by atoms with Gasteiger partial charge in [0.05, 0.1) is 18.7 Å². The zero-order valence-corrected chi connectivity index (χ0v) is 13.1. The topological polar surface area (TPSA) is 37.0 Å². The molecular formula is C19H23N2O+. The molecule has 1 fully saturated rings. The van der Waals surface area contributed by atoms with Crippen molar-refractivity contribution in [2.45, 2.75) is 25.4 Å². The number of piperidine rings is 1. The molecule has 4 atom stereocenters. The van der Waals surface area contributed by atoms with Crippen molar-refractivity contribution in [3.63, 3.8) is 0 Å². The van der Waals surface area contributed by atoms with E-state index in [2.05, 4.69) is 67.7 Å². The van der Waals surface area contributed by atoms with Crippen LogP contribution in [0.1, 0.15) is 36.6 Å². The molecule has 3 rings (SSSR count). The summed E-state index contributed by atoms with van der Waals surface area (Å²) in [6.07, 6.45) is 0.802. The van der Waals surface area contributed by atoms with Gasteiger partial charge in [0.25, 0.3) is 0 Å². The molecular weight excluding hydrogens is 272 g/mol. The number of quaternary nitrogens is 1. The third-order valence-electron chi connectivity index (χ3n) is 4.97. The van der Waals surface area contributed by atoms with Crippen LogP contribution in [-0.2, 0) is 0 Å². The number of likely N-dealkylation sites (tertiary alicyclic amines) is 1. The summed E-state index contributed by atoms with van der Waals surface area (Å²) in [7, 11) is 2.25. The molecule has 0 spiro atoms. The molecule has 0 amide bonds. The third kappa shape index (κ3) is 2.64. The fourth-order valence-corrected chi connectivity index (χ4v) is 3.77. The Labute approximate surface area is 131 Å². The molecule has 1 unspecified atom stereocenters. The minimum absolute atomic E-state index is 0.229. The van der Waals surface area contributed by atoms with Gasteiger partial charge in [0, 0.05) is 17.5 Å². The molecule has 0 saturated carbocycles. The Morgan fingerprint density at radius 3 is 2.05 bits per heavy atom. The Hall–Kier alpha value is -2.13. The maximum Gasteiger partial charge on any atom is 0.121 e. The molecule has 0 radical (unpaired) electrons. The second kappa shape index (κ2) is 6.32. The summed E-state index contributed by atoms with van der Waals surface area (Å²) in [5.74, 6) is 0.229. The van der Waals surface area contributed by atoms with E-state index in [1.807, 2.05) is 12.1 Å². The second-order valence-electron chi connectivity index (χ2n) is 6.18. The summed E-state index contributed by atoms with van der Waals surface area (Å²) in [6.45, 7) is 2.16. The van der Waals surface area contributed by atoms with E-state index in [1.165, 1.54) is 16.0 Å². The van der Waals surface area contributed by atoms with E-state index < -0.39 is 0 Å². The molecule has 2 N–H and O–H groups in total. The summed E-state index contributed by atoms with van der Waals surface area (Å²) < 4.78 is 0. The molecule has 1 saturated heterocycles. The molecule has 3 nitrogen and oxygen atoms in total. The van der Waals surface area contributed by atoms with Gasteiger partial charge in [0.15, 0.2) is 0 Å². The van der Waals surface area contributed by atoms with Crippen LogP contribution in [0.25, 0.3) is 0 Å². The zero-order chi connectivity index (χ0) is 15.5. The van der Waals surface area contributed by atoms with Gasteiger partial charge in [-0.15, -0.1) is 0 Å². The molecule has 2 aromatic carbocycles. The van der Waals surface area contributed by atoms with Crippen LogP contribution in [0, 0.1) is 5.92 Å². The van der Waals surface area contributed by atoms with Crippen molar-refractivity contribution in [2.75, 3.05) is 7.05 Å². The van der Waals surface area contributed by atoms with Gasteiger partial charge in [0.1, 0.15) is 12.1 Å². The monoisotopic (exact) mass is 295 g/mol. The zero-order valence-electron chi connectivity index (χ0n) is 13.1. The Kier molecular flexibility index (Phi) is 4.25. The maximum absolute atomic E-state index is 9.46. The van der Waals surface area contributed by atoms with E-state index in [4.69, 9.17) is 0 Å². The van der Waals surface area contributed by atoms with Crippen LogP contribution in [0.15, 0.2) is 65.8 Å². The summed E-state index contributed by atoms with van der Waals surface area (Å²) in [6, 6.07) is 21.7. The van der Waals surface area contributed by atoms with Gasteiger partial charge in [-0.05, 0) is 0 Å². The lowest BCUT2D eigenvalue weighted by atomic mass is 9.80. The summed E-state index contributed by atoms with van der Waals surface area (Å²) in [5.41, 5.74) is 3.50. The highest BCUT2D eigenvalue weighted by molar-refractivity contribution is 5.87. The Morgan fingerprint density at radius 1 is 0.955 bits per heavy atom. The van der Waals surface area contributed by atoms with Crippen molar-refractivity contribution >= 4 is 5.71 Å². The quantitative estimate of drug-likeness (QED) is 0.649. The highest BCUT2D eigenvalue weighted by Crippen LogP contribution is 2.30. The average molecular weight is 295 g/mol. The van der Waals surface area contributed by atoms with Gasteiger partial charge in [-0.3, -0.25) is 0 Å². The number of hydrogen-bond donors (Lipinski definition) is 2.